The molecule has 0 radical (unpaired) electrons. The average molecular weight is 294 g/mol. The van der Waals surface area contributed by atoms with Gasteiger partial charge in [0.2, 0.25) is 5.95 Å². The molecule has 6 nitrogen and oxygen atoms in total. The number of morpholine rings is 1. The van der Waals surface area contributed by atoms with E-state index in [1.165, 1.54) is 5.56 Å². The number of rotatable bonds is 7. The van der Waals surface area contributed by atoms with Crippen molar-refractivity contribution in [2.45, 2.75) is 20.3 Å². The lowest BCUT2D eigenvalue weighted by molar-refractivity contribution is 0.122. The number of hydrogen-bond donors (Lipinski definition) is 1. The smallest absolute Gasteiger partial charge is 0.225 e. The van der Waals surface area contributed by atoms with Gasteiger partial charge in [-0.15, -0.1) is 0 Å². The fourth-order valence-corrected chi connectivity index (χ4v) is 2.50. The summed E-state index contributed by atoms with van der Waals surface area (Å²) < 4.78 is 10.4. The minimum Gasteiger partial charge on any atom is -0.383 e. The summed E-state index contributed by atoms with van der Waals surface area (Å²) in [6, 6.07) is 0. The van der Waals surface area contributed by atoms with Crippen LogP contribution in [0.5, 0.6) is 0 Å². The van der Waals surface area contributed by atoms with Crippen molar-refractivity contribution in [2.24, 2.45) is 0 Å². The van der Waals surface area contributed by atoms with Crippen molar-refractivity contribution >= 4 is 5.95 Å². The molecule has 6 heteroatoms. The fourth-order valence-electron chi connectivity index (χ4n) is 2.50. The first-order valence-electron chi connectivity index (χ1n) is 7.59. The molecule has 1 aliphatic heterocycles. The van der Waals surface area contributed by atoms with Crippen molar-refractivity contribution in [3.8, 4) is 0 Å². The summed E-state index contributed by atoms with van der Waals surface area (Å²) in [6.45, 7) is 9.94. The maximum Gasteiger partial charge on any atom is 0.225 e. The third kappa shape index (κ3) is 4.62. The predicted octanol–water partition coefficient (Wildman–Crippen LogP) is 0.709. The van der Waals surface area contributed by atoms with E-state index in [-0.39, 0.29) is 0 Å². The first kappa shape index (κ1) is 16.1. The lowest BCUT2D eigenvalue weighted by Gasteiger charge is -2.27. The summed E-state index contributed by atoms with van der Waals surface area (Å²) in [5.74, 6) is 0.837. The molecule has 0 amide bonds. The van der Waals surface area contributed by atoms with Gasteiger partial charge in [-0.05, 0) is 32.4 Å². The molecule has 1 fully saturated rings. The van der Waals surface area contributed by atoms with Gasteiger partial charge >= 0.3 is 0 Å². The Morgan fingerprint density at radius 3 is 2.43 bits per heavy atom. The van der Waals surface area contributed by atoms with Gasteiger partial charge in [-0.25, -0.2) is 9.97 Å². The zero-order valence-corrected chi connectivity index (χ0v) is 13.3. The van der Waals surface area contributed by atoms with Gasteiger partial charge in [-0.2, -0.15) is 0 Å². The van der Waals surface area contributed by atoms with E-state index >= 15 is 0 Å². The van der Waals surface area contributed by atoms with E-state index in [0.717, 1.165) is 69.8 Å². The highest BCUT2D eigenvalue weighted by molar-refractivity contribution is 5.37. The van der Waals surface area contributed by atoms with Gasteiger partial charge in [-0.3, -0.25) is 0 Å². The SMILES string of the molecule is COCCNCCc1c(C)nc(N2CCOCC2)nc1C. The first-order valence-corrected chi connectivity index (χ1v) is 7.59. The number of nitrogens with one attached hydrogen (secondary N) is 1. The topological polar surface area (TPSA) is 59.5 Å². The monoisotopic (exact) mass is 294 g/mol. The Morgan fingerprint density at radius 2 is 1.81 bits per heavy atom. The second kappa shape index (κ2) is 8.26. The molecule has 2 rings (SSSR count). The average Bonchev–Trinajstić information content (AvgIpc) is 2.50. The highest BCUT2D eigenvalue weighted by Gasteiger charge is 2.16. The van der Waals surface area contributed by atoms with Crippen LogP contribution in [-0.4, -0.2) is 63.1 Å². The molecule has 0 unspecified atom stereocenters. The maximum atomic E-state index is 5.38. The Bertz CT molecular complexity index is 424. The maximum absolute atomic E-state index is 5.38. The molecule has 0 bridgehead atoms. The minimum atomic E-state index is 0.741. The fraction of sp³-hybridized carbons (Fsp3) is 0.733. The minimum absolute atomic E-state index is 0.741. The van der Waals surface area contributed by atoms with Gasteiger partial charge in [0, 0.05) is 38.1 Å². The van der Waals surface area contributed by atoms with Crippen LogP contribution >= 0.6 is 0 Å². The number of aromatic nitrogens is 2. The summed E-state index contributed by atoms with van der Waals surface area (Å²) in [5, 5.41) is 3.36. The number of aryl methyl sites for hydroxylation is 2. The first-order chi connectivity index (χ1) is 10.2. The van der Waals surface area contributed by atoms with E-state index in [4.69, 9.17) is 9.47 Å². The van der Waals surface area contributed by atoms with E-state index in [1.807, 2.05) is 0 Å². The molecular formula is C15H26N4O2. The second-order valence-corrected chi connectivity index (χ2v) is 5.27. The quantitative estimate of drug-likeness (QED) is 0.747. The van der Waals surface area contributed by atoms with E-state index in [1.54, 1.807) is 7.11 Å². The van der Waals surface area contributed by atoms with Gasteiger partial charge in [0.05, 0.1) is 19.8 Å². The third-order valence-electron chi connectivity index (χ3n) is 3.74. The van der Waals surface area contributed by atoms with Crippen LogP contribution < -0.4 is 10.2 Å². The lowest BCUT2D eigenvalue weighted by atomic mass is 10.1. The molecule has 1 aliphatic rings. The summed E-state index contributed by atoms with van der Waals surface area (Å²) in [4.78, 5) is 11.6. The number of ether oxygens (including phenoxy) is 2. The predicted molar refractivity (Wildman–Crippen MR) is 83.0 cm³/mol. The van der Waals surface area contributed by atoms with Crippen LogP contribution in [0.1, 0.15) is 17.0 Å². The Hall–Kier alpha value is -1.24. The molecule has 0 saturated carbocycles. The Balaban J connectivity index is 1.96. The van der Waals surface area contributed by atoms with Crippen molar-refractivity contribution in [3.05, 3.63) is 17.0 Å². The van der Waals surface area contributed by atoms with Crippen molar-refractivity contribution in [1.82, 2.24) is 15.3 Å². The number of anilines is 1. The second-order valence-electron chi connectivity index (χ2n) is 5.27. The molecule has 0 aromatic carbocycles. The summed E-state index contributed by atoms with van der Waals surface area (Å²) >= 11 is 0. The van der Waals surface area contributed by atoms with Gasteiger partial charge in [0.25, 0.3) is 0 Å². The number of methoxy groups -OCH3 is 1. The van der Waals surface area contributed by atoms with E-state index in [0.29, 0.717) is 0 Å². The van der Waals surface area contributed by atoms with E-state index in [2.05, 4.69) is 34.0 Å². The van der Waals surface area contributed by atoms with Crippen LogP contribution in [-0.2, 0) is 15.9 Å². The van der Waals surface area contributed by atoms with Crippen LogP contribution in [0.3, 0.4) is 0 Å². The number of hydrogen-bond acceptors (Lipinski definition) is 6. The normalized spacial score (nSPS) is 15.5. The van der Waals surface area contributed by atoms with Crippen LogP contribution in [0.25, 0.3) is 0 Å². The summed E-state index contributed by atoms with van der Waals surface area (Å²) in [5.41, 5.74) is 3.41. The lowest BCUT2D eigenvalue weighted by Crippen LogP contribution is -2.37. The van der Waals surface area contributed by atoms with E-state index in [9.17, 15) is 0 Å². The molecule has 0 spiro atoms. The van der Waals surface area contributed by atoms with Crippen LogP contribution in [0, 0.1) is 13.8 Å². The van der Waals surface area contributed by atoms with Crippen LogP contribution in [0.15, 0.2) is 0 Å². The molecule has 1 aromatic heterocycles. The number of nitrogens with zero attached hydrogens (tertiary/aromatic N) is 3. The van der Waals surface area contributed by atoms with Crippen LogP contribution in [0.2, 0.25) is 0 Å². The molecule has 21 heavy (non-hydrogen) atoms. The van der Waals surface area contributed by atoms with Gasteiger partial charge in [0.1, 0.15) is 0 Å². The van der Waals surface area contributed by atoms with Gasteiger partial charge < -0.3 is 19.7 Å². The highest BCUT2D eigenvalue weighted by atomic mass is 16.5. The van der Waals surface area contributed by atoms with Gasteiger partial charge in [0.15, 0.2) is 0 Å². The summed E-state index contributed by atoms with van der Waals surface area (Å²) in [7, 11) is 1.72. The molecule has 118 valence electrons. The van der Waals surface area contributed by atoms with Crippen molar-refractivity contribution in [3.63, 3.8) is 0 Å². The molecule has 1 aromatic rings. The molecule has 0 aliphatic carbocycles. The Kier molecular flexibility index (Phi) is 6.35. The molecule has 2 heterocycles. The standard InChI is InChI=1S/C15H26N4O2/c1-12-14(4-5-16-6-9-20-3)13(2)18-15(17-12)19-7-10-21-11-8-19/h16H,4-11H2,1-3H3. The Labute approximate surface area is 126 Å². The van der Waals surface area contributed by atoms with Crippen molar-refractivity contribution in [2.75, 3.05) is 58.0 Å². The molecule has 0 atom stereocenters. The zero-order chi connectivity index (χ0) is 15.1. The largest absolute Gasteiger partial charge is 0.383 e. The zero-order valence-electron chi connectivity index (χ0n) is 13.3. The summed E-state index contributed by atoms with van der Waals surface area (Å²) in [6.07, 6.45) is 0.949. The third-order valence-corrected chi connectivity index (χ3v) is 3.74. The highest BCUT2D eigenvalue weighted by Crippen LogP contribution is 2.16. The molecule has 1 N–H and O–H groups in total. The Morgan fingerprint density at radius 1 is 1.14 bits per heavy atom. The van der Waals surface area contributed by atoms with Crippen molar-refractivity contribution < 1.29 is 9.47 Å². The van der Waals surface area contributed by atoms with Gasteiger partial charge in [-0.1, -0.05) is 0 Å². The molecular weight excluding hydrogens is 268 g/mol. The van der Waals surface area contributed by atoms with E-state index < -0.39 is 0 Å². The molecule has 1 saturated heterocycles. The van der Waals surface area contributed by atoms with Crippen molar-refractivity contribution in [1.29, 1.82) is 0 Å². The van der Waals surface area contributed by atoms with Crippen LogP contribution in [0.4, 0.5) is 5.95 Å².